The highest BCUT2D eigenvalue weighted by atomic mass is 16.5. The van der Waals surface area contributed by atoms with Gasteiger partial charge in [0, 0.05) is 13.1 Å². The van der Waals surface area contributed by atoms with Gasteiger partial charge in [0.2, 0.25) is 0 Å². The van der Waals surface area contributed by atoms with Crippen molar-refractivity contribution in [1.82, 2.24) is 10.6 Å². The van der Waals surface area contributed by atoms with Crippen molar-refractivity contribution < 1.29 is 24.2 Å². The van der Waals surface area contributed by atoms with Crippen molar-refractivity contribution in [3.63, 3.8) is 0 Å². The molecule has 0 aliphatic rings. The first-order valence-corrected chi connectivity index (χ1v) is 4.95. The topological polar surface area (TPSA) is 105 Å². The molecule has 0 aromatic carbocycles. The van der Waals surface area contributed by atoms with Gasteiger partial charge in [0.25, 0.3) is 0 Å². The minimum atomic E-state index is -0.980. The van der Waals surface area contributed by atoms with Crippen LogP contribution < -0.4 is 10.6 Å². The van der Waals surface area contributed by atoms with Crippen molar-refractivity contribution in [3.05, 3.63) is 0 Å². The lowest BCUT2D eigenvalue weighted by Gasteiger charge is -2.06. The quantitative estimate of drug-likeness (QED) is 0.523. The standard InChI is InChI=1S/C9H16N2O5/c1-2-16-8(14)4-6-11-9(15)10-5-3-7(12)13/h2-6H2,1H3,(H,12,13)(H2,10,11,15). The van der Waals surface area contributed by atoms with Gasteiger partial charge < -0.3 is 20.5 Å². The van der Waals surface area contributed by atoms with E-state index in [0.29, 0.717) is 6.61 Å². The highest BCUT2D eigenvalue weighted by Gasteiger charge is 2.04. The third-order valence-electron chi connectivity index (χ3n) is 1.54. The summed E-state index contributed by atoms with van der Waals surface area (Å²) in [7, 11) is 0. The van der Waals surface area contributed by atoms with Gasteiger partial charge in [-0.1, -0.05) is 0 Å². The van der Waals surface area contributed by atoms with Gasteiger partial charge >= 0.3 is 18.0 Å². The number of urea groups is 1. The molecule has 0 atom stereocenters. The van der Waals surface area contributed by atoms with E-state index in [1.54, 1.807) is 6.92 Å². The van der Waals surface area contributed by atoms with E-state index in [0.717, 1.165) is 0 Å². The third-order valence-corrected chi connectivity index (χ3v) is 1.54. The van der Waals surface area contributed by atoms with Crippen LogP contribution in [0.4, 0.5) is 4.79 Å². The average molecular weight is 232 g/mol. The summed E-state index contributed by atoms with van der Waals surface area (Å²) in [5, 5.41) is 13.0. The lowest BCUT2D eigenvalue weighted by molar-refractivity contribution is -0.143. The predicted molar refractivity (Wildman–Crippen MR) is 54.9 cm³/mol. The van der Waals surface area contributed by atoms with Crippen LogP contribution in [0.1, 0.15) is 19.8 Å². The summed E-state index contributed by atoms with van der Waals surface area (Å²) in [4.78, 5) is 32.0. The van der Waals surface area contributed by atoms with E-state index in [-0.39, 0.29) is 31.9 Å². The van der Waals surface area contributed by atoms with E-state index in [1.807, 2.05) is 0 Å². The first-order valence-electron chi connectivity index (χ1n) is 4.95. The van der Waals surface area contributed by atoms with Gasteiger partial charge in [-0.25, -0.2) is 4.79 Å². The number of carboxylic acids is 1. The van der Waals surface area contributed by atoms with Crippen LogP contribution in [0.3, 0.4) is 0 Å². The molecule has 92 valence electrons. The largest absolute Gasteiger partial charge is 0.481 e. The molecule has 0 aliphatic heterocycles. The summed E-state index contributed by atoms with van der Waals surface area (Å²) in [5.74, 6) is -1.36. The van der Waals surface area contributed by atoms with Gasteiger partial charge in [-0.15, -0.1) is 0 Å². The van der Waals surface area contributed by atoms with Gasteiger partial charge in [0.1, 0.15) is 0 Å². The van der Waals surface area contributed by atoms with E-state index in [1.165, 1.54) is 0 Å². The van der Waals surface area contributed by atoms with E-state index < -0.39 is 12.0 Å². The number of carbonyl (C=O) groups excluding carboxylic acids is 2. The Morgan fingerprint density at radius 3 is 2.19 bits per heavy atom. The van der Waals surface area contributed by atoms with Crippen LogP contribution in [0.5, 0.6) is 0 Å². The normalized spacial score (nSPS) is 9.31. The molecule has 0 saturated heterocycles. The van der Waals surface area contributed by atoms with Crippen LogP contribution in [-0.2, 0) is 14.3 Å². The number of carboxylic acid groups (broad SMARTS) is 1. The van der Waals surface area contributed by atoms with Crippen molar-refractivity contribution >= 4 is 18.0 Å². The van der Waals surface area contributed by atoms with Crippen LogP contribution in [-0.4, -0.2) is 42.8 Å². The van der Waals surface area contributed by atoms with Crippen LogP contribution in [0.15, 0.2) is 0 Å². The molecule has 3 N–H and O–H groups in total. The van der Waals surface area contributed by atoms with Crippen molar-refractivity contribution in [3.8, 4) is 0 Å². The number of ether oxygens (including phenoxy) is 1. The van der Waals surface area contributed by atoms with E-state index in [4.69, 9.17) is 5.11 Å². The maximum atomic E-state index is 11.0. The maximum Gasteiger partial charge on any atom is 0.314 e. The number of rotatable bonds is 7. The maximum absolute atomic E-state index is 11.0. The molecule has 0 fully saturated rings. The lowest BCUT2D eigenvalue weighted by atomic mass is 10.4. The number of esters is 1. The molecular weight excluding hydrogens is 216 g/mol. The summed E-state index contributed by atoms with van der Waals surface area (Å²) in [6.45, 7) is 2.23. The Bertz CT molecular complexity index is 254. The Hall–Kier alpha value is -1.79. The van der Waals surface area contributed by atoms with E-state index >= 15 is 0 Å². The Morgan fingerprint density at radius 2 is 1.69 bits per heavy atom. The molecule has 0 heterocycles. The minimum absolute atomic E-state index is 0.0561. The molecule has 0 saturated carbocycles. The summed E-state index contributed by atoms with van der Waals surface area (Å²) >= 11 is 0. The van der Waals surface area contributed by atoms with Gasteiger partial charge in [0.15, 0.2) is 0 Å². The number of carbonyl (C=O) groups is 3. The van der Waals surface area contributed by atoms with E-state index in [2.05, 4.69) is 15.4 Å². The van der Waals surface area contributed by atoms with Gasteiger partial charge in [0.05, 0.1) is 19.4 Å². The van der Waals surface area contributed by atoms with E-state index in [9.17, 15) is 14.4 Å². The molecule has 2 amide bonds. The molecule has 7 nitrogen and oxygen atoms in total. The van der Waals surface area contributed by atoms with Crippen molar-refractivity contribution in [1.29, 1.82) is 0 Å². The van der Waals surface area contributed by atoms with Crippen molar-refractivity contribution in [2.24, 2.45) is 0 Å². The van der Waals surface area contributed by atoms with Crippen LogP contribution in [0.2, 0.25) is 0 Å². The molecule has 0 aliphatic carbocycles. The second kappa shape index (κ2) is 8.51. The summed E-state index contributed by atoms with van der Waals surface area (Å²) < 4.78 is 4.65. The van der Waals surface area contributed by atoms with Crippen LogP contribution in [0.25, 0.3) is 0 Å². The third kappa shape index (κ3) is 8.79. The summed E-state index contributed by atoms with van der Waals surface area (Å²) in [5.41, 5.74) is 0. The number of aliphatic carboxylic acids is 1. The number of hydrogen-bond acceptors (Lipinski definition) is 4. The zero-order valence-corrected chi connectivity index (χ0v) is 9.12. The smallest absolute Gasteiger partial charge is 0.314 e. The molecular formula is C9H16N2O5. The SMILES string of the molecule is CCOC(=O)CCNC(=O)NCCC(=O)O. The zero-order valence-electron chi connectivity index (χ0n) is 9.12. The molecule has 0 spiro atoms. The number of hydrogen-bond donors (Lipinski definition) is 3. The molecule has 7 heteroatoms. The van der Waals surface area contributed by atoms with Gasteiger partial charge in [-0.05, 0) is 6.92 Å². The monoisotopic (exact) mass is 232 g/mol. The second-order valence-corrected chi connectivity index (χ2v) is 2.88. The fourth-order valence-corrected chi connectivity index (χ4v) is 0.857. The molecule has 0 unspecified atom stereocenters. The first-order chi connectivity index (χ1) is 7.56. The van der Waals surface area contributed by atoms with Gasteiger partial charge in [-0.3, -0.25) is 9.59 Å². The van der Waals surface area contributed by atoms with Crippen molar-refractivity contribution in [2.75, 3.05) is 19.7 Å². The predicted octanol–water partition coefficient (Wildman–Crippen LogP) is -0.286. The number of amides is 2. The second-order valence-electron chi connectivity index (χ2n) is 2.88. The Labute approximate surface area is 93.2 Å². The molecule has 0 aromatic rings. The Morgan fingerprint density at radius 1 is 1.12 bits per heavy atom. The van der Waals surface area contributed by atoms with Crippen LogP contribution in [0, 0.1) is 0 Å². The zero-order chi connectivity index (χ0) is 12.4. The fourth-order valence-electron chi connectivity index (χ4n) is 0.857. The highest BCUT2D eigenvalue weighted by Crippen LogP contribution is 1.84. The Kier molecular flexibility index (Phi) is 7.56. The molecule has 16 heavy (non-hydrogen) atoms. The average Bonchev–Trinajstić information content (AvgIpc) is 2.17. The van der Waals surface area contributed by atoms with Crippen molar-refractivity contribution in [2.45, 2.75) is 19.8 Å². The molecule has 0 rings (SSSR count). The number of nitrogens with one attached hydrogen (secondary N) is 2. The molecule has 0 bridgehead atoms. The summed E-state index contributed by atoms with van der Waals surface area (Å²) in [6.07, 6.45) is -0.0362. The summed E-state index contributed by atoms with van der Waals surface area (Å²) in [6, 6.07) is -0.495. The first kappa shape index (κ1) is 14.2. The fraction of sp³-hybridized carbons (Fsp3) is 0.667. The highest BCUT2D eigenvalue weighted by molar-refractivity contribution is 5.76. The van der Waals surface area contributed by atoms with Crippen LogP contribution >= 0.6 is 0 Å². The Balaban J connectivity index is 3.43. The molecule has 0 radical (unpaired) electrons. The minimum Gasteiger partial charge on any atom is -0.481 e. The van der Waals surface area contributed by atoms with Gasteiger partial charge in [-0.2, -0.15) is 0 Å². The lowest BCUT2D eigenvalue weighted by Crippen LogP contribution is -2.37. The molecule has 0 aromatic heterocycles.